The molecule has 1 N–H and O–H groups in total. The maximum atomic E-state index is 11.6. The Labute approximate surface area is 83.0 Å². The summed E-state index contributed by atoms with van der Waals surface area (Å²) in [5, 5.41) is 2.87. The quantitative estimate of drug-likeness (QED) is 0.654. The molecule has 78 valence electrons. The molecule has 3 atom stereocenters. The Hall–Kier alpha value is -1.06. The van der Waals surface area contributed by atoms with Crippen molar-refractivity contribution >= 4 is 11.9 Å². The Morgan fingerprint density at radius 1 is 1.57 bits per heavy atom. The lowest BCUT2D eigenvalue weighted by Crippen LogP contribution is -2.36. The van der Waals surface area contributed by atoms with Crippen LogP contribution < -0.4 is 5.32 Å². The number of fused-ring (bicyclic) bond motifs is 2. The summed E-state index contributed by atoms with van der Waals surface area (Å²) in [6, 6.07) is 0.0281. The van der Waals surface area contributed by atoms with Gasteiger partial charge in [-0.2, -0.15) is 0 Å². The second-order valence-corrected chi connectivity index (χ2v) is 3.93. The third kappa shape index (κ3) is 1.38. The molecule has 1 amide bonds. The average Bonchev–Trinajstić information content (AvgIpc) is 2.34. The molecule has 4 heteroatoms. The molecule has 1 saturated carbocycles. The maximum Gasteiger partial charge on any atom is 0.311 e. The molecule has 0 spiro atoms. The van der Waals surface area contributed by atoms with E-state index in [0.717, 1.165) is 19.3 Å². The molecule has 2 fully saturated rings. The molecule has 1 heterocycles. The summed E-state index contributed by atoms with van der Waals surface area (Å²) in [4.78, 5) is 23.0. The van der Waals surface area contributed by atoms with Crippen molar-refractivity contribution in [3.05, 3.63) is 0 Å². The van der Waals surface area contributed by atoms with Gasteiger partial charge in [-0.3, -0.25) is 9.59 Å². The zero-order valence-corrected chi connectivity index (χ0v) is 8.29. The molecule has 0 aromatic heterocycles. The summed E-state index contributed by atoms with van der Waals surface area (Å²) in [5.41, 5.74) is 0. The van der Waals surface area contributed by atoms with E-state index in [1.807, 2.05) is 0 Å². The highest BCUT2D eigenvalue weighted by molar-refractivity contribution is 5.90. The Morgan fingerprint density at radius 2 is 2.36 bits per heavy atom. The van der Waals surface area contributed by atoms with Crippen LogP contribution >= 0.6 is 0 Å². The summed E-state index contributed by atoms with van der Waals surface area (Å²) in [6.07, 6.45) is 2.77. The van der Waals surface area contributed by atoms with Gasteiger partial charge in [-0.05, 0) is 19.8 Å². The van der Waals surface area contributed by atoms with Crippen molar-refractivity contribution in [1.82, 2.24) is 5.32 Å². The normalized spacial score (nSPS) is 35.2. The van der Waals surface area contributed by atoms with E-state index in [1.165, 1.54) is 0 Å². The standard InChI is InChI=1S/C10H15NO3/c1-2-14-10(13)8-6-4-3-5-7(8)11-9(6)12/h6-8H,2-5H2,1H3,(H,11,12). The lowest BCUT2D eigenvalue weighted by atomic mass is 9.79. The first kappa shape index (κ1) is 9.49. The second-order valence-electron chi connectivity index (χ2n) is 3.93. The zero-order chi connectivity index (χ0) is 10.1. The molecule has 1 aliphatic heterocycles. The van der Waals surface area contributed by atoms with Gasteiger partial charge >= 0.3 is 5.97 Å². The van der Waals surface area contributed by atoms with Crippen LogP contribution in [0.1, 0.15) is 26.2 Å². The minimum absolute atomic E-state index is 0.0281. The molecule has 2 bridgehead atoms. The number of carbonyl (C=O) groups is 2. The van der Waals surface area contributed by atoms with Gasteiger partial charge < -0.3 is 10.1 Å². The van der Waals surface area contributed by atoms with Gasteiger partial charge in [0, 0.05) is 6.04 Å². The van der Waals surface area contributed by atoms with E-state index in [1.54, 1.807) is 6.92 Å². The first-order valence-corrected chi connectivity index (χ1v) is 5.21. The van der Waals surface area contributed by atoms with Crippen molar-refractivity contribution < 1.29 is 14.3 Å². The molecule has 1 saturated heterocycles. The lowest BCUT2D eigenvalue weighted by molar-refractivity contribution is -0.151. The minimum atomic E-state index is -0.226. The van der Waals surface area contributed by atoms with Crippen LogP contribution in [0.4, 0.5) is 0 Å². The summed E-state index contributed by atoms with van der Waals surface area (Å²) >= 11 is 0. The van der Waals surface area contributed by atoms with Crippen molar-refractivity contribution in [1.29, 1.82) is 0 Å². The summed E-state index contributed by atoms with van der Waals surface area (Å²) < 4.78 is 4.98. The van der Waals surface area contributed by atoms with Crippen LogP contribution in [0.3, 0.4) is 0 Å². The molecule has 4 nitrogen and oxygen atoms in total. The highest BCUT2D eigenvalue weighted by Gasteiger charge is 2.49. The first-order valence-electron chi connectivity index (χ1n) is 5.21. The molecule has 0 aromatic carbocycles. The number of amides is 1. The smallest absolute Gasteiger partial charge is 0.311 e. The predicted octanol–water partition coefficient (Wildman–Crippen LogP) is 0.464. The van der Waals surface area contributed by atoms with Crippen molar-refractivity contribution in [2.24, 2.45) is 11.8 Å². The van der Waals surface area contributed by atoms with Crippen LogP contribution in [0, 0.1) is 11.8 Å². The fourth-order valence-corrected chi connectivity index (χ4v) is 2.51. The van der Waals surface area contributed by atoms with Crippen molar-refractivity contribution in [2.45, 2.75) is 32.2 Å². The Balaban J connectivity index is 2.12. The number of esters is 1. The number of hydrogen-bond acceptors (Lipinski definition) is 3. The van der Waals surface area contributed by atoms with Crippen LogP contribution in [0.5, 0.6) is 0 Å². The van der Waals surface area contributed by atoms with Crippen molar-refractivity contribution in [3.63, 3.8) is 0 Å². The average molecular weight is 197 g/mol. The van der Waals surface area contributed by atoms with Crippen LogP contribution in [-0.4, -0.2) is 24.5 Å². The van der Waals surface area contributed by atoms with Gasteiger partial charge in [0.1, 0.15) is 0 Å². The van der Waals surface area contributed by atoms with Gasteiger partial charge in [0.05, 0.1) is 18.4 Å². The highest BCUT2D eigenvalue weighted by Crippen LogP contribution is 2.36. The van der Waals surface area contributed by atoms with Crippen LogP contribution in [0.25, 0.3) is 0 Å². The summed E-state index contributed by atoms with van der Waals surface area (Å²) in [6.45, 7) is 2.18. The molecule has 2 rings (SSSR count). The van der Waals surface area contributed by atoms with E-state index in [0.29, 0.717) is 6.61 Å². The van der Waals surface area contributed by atoms with E-state index in [2.05, 4.69) is 5.32 Å². The van der Waals surface area contributed by atoms with E-state index in [4.69, 9.17) is 4.74 Å². The van der Waals surface area contributed by atoms with Crippen LogP contribution in [0.2, 0.25) is 0 Å². The molecule has 0 aromatic rings. The van der Waals surface area contributed by atoms with E-state index in [9.17, 15) is 9.59 Å². The Bertz CT molecular complexity index is 264. The van der Waals surface area contributed by atoms with Gasteiger partial charge in [0.15, 0.2) is 0 Å². The highest BCUT2D eigenvalue weighted by atomic mass is 16.5. The number of rotatable bonds is 2. The molecule has 1 aliphatic carbocycles. The maximum absolute atomic E-state index is 11.6. The molecular formula is C10H15NO3. The SMILES string of the molecule is CCOC(=O)C1C2CCCC1C(=O)N2. The summed E-state index contributed by atoms with van der Waals surface area (Å²) in [7, 11) is 0. The first-order chi connectivity index (χ1) is 6.74. The van der Waals surface area contributed by atoms with Crippen molar-refractivity contribution in [2.75, 3.05) is 6.61 Å². The second kappa shape index (κ2) is 3.59. The minimum Gasteiger partial charge on any atom is -0.466 e. The largest absolute Gasteiger partial charge is 0.466 e. The molecular weight excluding hydrogens is 182 g/mol. The summed E-state index contributed by atoms with van der Waals surface area (Å²) in [5.74, 6) is -0.532. The fourth-order valence-electron chi connectivity index (χ4n) is 2.51. The zero-order valence-electron chi connectivity index (χ0n) is 8.29. The van der Waals surface area contributed by atoms with E-state index in [-0.39, 0.29) is 29.8 Å². The van der Waals surface area contributed by atoms with Gasteiger partial charge in [-0.1, -0.05) is 6.42 Å². The van der Waals surface area contributed by atoms with Gasteiger partial charge in [0.2, 0.25) is 5.91 Å². The monoisotopic (exact) mass is 197 g/mol. The number of carbonyl (C=O) groups excluding carboxylic acids is 2. The fraction of sp³-hybridized carbons (Fsp3) is 0.800. The topological polar surface area (TPSA) is 55.4 Å². The molecule has 3 unspecified atom stereocenters. The van der Waals surface area contributed by atoms with Crippen LogP contribution in [0.15, 0.2) is 0 Å². The number of hydrogen-bond donors (Lipinski definition) is 1. The van der Waals surface area contributed by atoms with Gasteiger partial charge in [-0.25, -0.2) is 0 Å². The predicted molar refractivity (Wildman–Crippen MR) is 49.4 cm³/mol. The van der Waals surface area contributed by atoms with Gasteiger partial charge in [0.25, 0.3) is 0 Å². The number of ether oxygens (including phenoxy) is 1. The number of nitrogens with one attached hydrogen (secondary N) is 1. The third-order valence-corrected chi connectivity index (χ3v) is 3.12. The lowest BCUT2D eigenvalue weighted by Gasteiger charge is -2.25. The third-order valence-electron chi connectivity index (χ3n) is 3.12. The molecule has 14 heavy (non-hydrogen) atoms. The van der Waals surface area contributed by atoms with Gasteiger partial charge in [-0.15, -0.1) is 0 Å². The Morgan fingerprint density at radius 3 is 3.00 bits per heavy atom. The molecule has 2 aliphatic rings. The van der Waals surface area contributed by atoms with E-state index >= 15 is 0 Å². The van der Waals surface area contributed by atoms with Crippen molar-refractivity contribution in [3.8, 4) is 0 Å². The Kier molecular flexibility index (Phi) is 2.44. The van der Waals surface area contributed by atoms with Crippen LogP contribution in [-0.2, 0) is 14.3 Å². The van der Waals surface area contributed by atoms with E-state index < -0.39 is 0 Å². The molecule has 0 radical (unpaired) electrons.